The highest BCUT2D eigenvalue weighted by Crippen LogP contribution is 2.12. The van der Waals surface area contributed by atoms with Crippen LogP contribution in [0.1, 0.15) is 27.7 Å². The lowest BCUT2D eigenvalue weighted by Crippen LogP contribution is -2.53. The van der Waals surface area contributed by atoms with Gasteiger partial charge in [-0.3, -0.25) is 4.79 Å². The zero-order chi connectivity index (χ0) is 13.9. The number of nitrogens with zero attached hydrogens (tertiary/aromatic N) is 2. The first-order valence-electron chi connectivity index (χ1n) is 6.15. The van der Waals surface area contributed by atoms with E-state index in [0.29, 0.717) is 26.2 Å². The Labute approximate surface area is 107 Å². The van der Waals surface area contributed by atoms with E-state index < -0.39 is 11.7 Å². The number of carbonyl (C=O) groups excluding carboxylic acids is 2. The van der Waals surface area contributed by atoms with Crippen LogP contribution >= 0.6 is 0 Å². The lowest BCUT2D eigenvalue weighted by Gasteiger charge is -2.36. The summed E-state index contributed by atoms with van der Waals surface area (Å²) in [5.41, 5.74) is -0.510. The topological polar surface area (TPSA) is 70.1 Å². The van der Waals surface area contributed by atoms with E-state index in [0.717, 1.165) is 0 Å². The Balaban J connectivity index is 2.44. The monoisotopic (exact) mass is 258 g/mol. The summed E-state index contributed by atoms with van der Waals surface area (Å²) in [6.45, 7) is 8.64. The van der Waals surface area contributed by atoms with Gasteiger partial charge in [-0.05, 0) is 27.7 Å². The molecule has 1 aliphatic heterocycles. The third-order valence-electron chi connectivity index (χ3n) is 2.60. The van der Waals surface area contributed by atoms with Gasteiger partial charge in [0.1, 0.15) is 11.7 Å². The fourth-order valence-corrected chi connectivity index (χ4v) is 1.70. The average Bonchev–Trinajstić information content (AvgIpc) is 2.26. The number of piperazine rings is 1. The van der Waals surface area contributed by atoms with Gasteiger partial charge in [-0.15, -0.1) is 0 Å². The third-order valence-corrected chi connectivity index (χ3v) is 2.60. The van der Waals surface area contributed by atoms with Crippen molar-refractivity contribution in [2.24, 2.45) is 0 Å². The SMILES string of the molecule is C[C@@H](O)C(=O)N1CCN(C(=O)OC(C)(C)C)CC1. The smallest absolute Gasteiger partial charge is 0.410 e. The largest absolute Gasteiger partial charge is 0.444 e. The summed E-state index contributed by atoms with van der Waals surface area (Å²) in [7, 11) is 0. The second kappa shape index (κ2) is 5.56. The number of rotatable bonds is 1. The lowest BCUT2D eigenvalue weighted by atomic mass is 10.2. The number of ether oxygens (including phenoxy) is 1. The van der Waals surface area contributed by atoms with E-state index in [1.807, 2.05) is 20.8 Å². The van der Waals surface area contributed by atoms with Crippen LogP contribution in [0.15, 0.2) is 0 Å². The van der Waals surface area contributed by atoms with Crippen molar-refractivity contribution in [3.63, 3.8) is 0 Å². The maximum absolute atomic E-state index is 11.8. The van der Waals surface area contributed by atoms with Gasteiger partial charge < -0.3 is 19.6 Å². The summed E-state index contributed by atoms with van der Waals surface area (Å²) < 4.78 is 5.25. The van der Waals surface area contributed by atoms with Gasteiger partial charge in [0.15, 0.2) is 0 Å². The first kappa shape index (κ1) is 14.8. The van der Waals surface area contributed by atoms with Crippen LogP contribution in [-0.2, 0) is 9.53 Å². The highest BCUT2D eigenvalue weighted by molar-refractivity contribution is 5.80. The molecular weight excluding hydrogens is 236 g/mol. The average molecular weight is 258 g/mol. The summed E-state index contributed by atoms with van der Waals surface area (Å²) in [4.78, 5) is 26.5. The number of amides is 2. The zero-order valence-corrected chi connectivity index (χ0v) is 11.5. The van der Waals surface area contributed by atoms with Gasteiger partial charge in [0.2, 0.25) is 0 Å². The molecule has 0 aromatic rings. The van der Waals surface area contributed by atoms with Crippen LogP contribution < -0.4 is 0 Å². The van der Waals surface area contributed by atoms with Gasteiger partial charge in [0.05, 0.1) is 0 Å². The highest BCUT2D eigenvalue weighted by Gasteiger charge is 2.28. The van der Waals surface area contributed by atoms with Gasteiger partial charge in [-0.2, -0.15) is 0 Å². The molecule has 1 aliphatic rings. The number of hydrogen-bond acceptors (Lipinski definition) is 4. The molecule has 0 spiro atoms. The number of aliphatic hydroxyl groups excluding tert-OH is 1. The Morgan fingerprint density at radius 2 is 1.56 bits per heavy atom. The summed E-state index contributed by atoms with van der Waals surface area (Å²) in [5.74, 6) is -0.293. The molecule has 0 aromatic heterocycles. The molecule has 1 rings (SSSR count). The standard InChI is InChI=1S/C12H22N2O4/c1-9(15)10(16)13-5-7-14(8-6-13)11(17)18-12(2,3)4/h9,15H,5-8H2,1-4H3/t9-/m1/s1. The molecule has 1 fully saturated rings. The van der Waals surface area contributed by atoms with Crippen molar-refractivity contribution in [3.05, 3.63) is 0 Å². The summed E-state index contributed by atoms with van der Waals surface area (Å²) in [6.07, 6.45) is -1.34. The van der Waals surface area contributed by atoms with Gasteiger partial charge in [0.25, 0.3) is 5.91 Å². The second-order valence-electron chi connectivity index (χ2n) is 5.47. The van der Waals surface area contributed by atoms with Crippen LogP contribution in [0.3, 0.4) is 0 Å². The fraction of sp³-hybridized carbons (Fsp3) is 0.833. The molecule has 18 heavy (non-hydrogen) atoms. The fourth-order valence-electron chi connectivity index (χ4n) is 1.70. The van der Waals surface area contributed by atoms with Gasteiger partial charge in [-0.1, -0.05) is 0 Å². The minimum atomic E-state index is -0.988. The van der Waals surface area contributed by atoms with Crippen molar-refractivity contribution >= 4 is 12.0 Å². The molecule has 0 aliphatic carbocycles. The van der Waals surface area contributed by atoms with Crippen LogP contribution in [0, 0.1) is 0 Å². The molecule has 0 radical (unpaired) electrons. The molecule has 1 heterocycles. The van der Waals surface area contributed by atoms with E-state index in [4.69, 9.17) is 4.74 Å². The van der Waals surface area contributed by atoms with Gasteiger partial charge in [-0.25, -0.2) is 4.79 Å². The first-order valence-corrected chi connectivity index (χ1v) is 6.15. The third kappa shape index (κ3) is 4.18. The predicted octanol–water partition coefficient (Wildman–Crippen LogP) is 0.446. The molecule has 0 unspecified atom stereocenters. The summed E-state index contributed by atoms with van der Waals surface area (Å²) in [5, 5.41) is 9.20. The minimum absolute atomic E-state index is 0.293. The molecule has 6 heteroatoms. The molecule has 1 saturated heterocycles. The van der Waals surface area contributed by atoms with E-state index in [1.165, 1.54) is 6.92 Å². The van der Waals surface area contributed by atoms with Crippen molar-refractivity contribution in [1.29, 1.82) is 0 Å². The van der Waals surface area contributed by atoms with Crippen LogP contribution in [0.25, 0.3) is 0 Å². The Morgan fingerprint density at radius 3 is 1.94 bits per heavy atom. The molecule has 104 valence electrons. The molecule has 1 atom stereocenters. The molecule has 0 saturated carbocycles. The highest BCUT2D eigenvalue weighted by atomic mass is 16.6. The molecular formula is C12H22N2O4. The Bertz CT molecular complexity index is 315. The van der Waals surface area contributed by atoms with E-state index in [-0.39, 0.29) is 12.0 Å². The van der Waals surface area contributed by atoms with Crippen LogP contribution in [0.5, 0.6) is 0 Å². The Kier molecular flexibility index (Phi) is 4.56. The van der Waals surface area contributed by atoms with Crippen LogP contribution in [0.4, 0.5) is 4.79 Å². The quantitative estimate of drug-likeness (QED) is 0.741. The zero-order valence-electron chi connectivity index (χ0n) is 11.5. The van der Waals surface area contributed by atoms with E-state index in [9.17, 15) is 14.7 Å². The van der Waals surface area contributed by atoms with Crippen LogP contribution in [0.2, 0.25) is 0 Å². The van der Waals surface area contributed by atoms with E-state index >= 15 is 0 Å². The normalized spacial score (nSPS) is 18.5. The maximum atomic E-state index is 11.8. The maximum Gasteiger partial charge on any atom is 0.410 e. The number of aliphatic hydroxyl groups is 1. The number of carbonyl (C=O) groups is 2. The Morgan fingerprint density at radius 1 is 1.11 bits per heavy atom. The van der Waals surface area contributed by atoms with E-state index in [1.54, 1.807) is 9.80 Å². The minimum Gasteiger partial charge on any atom is -0.444 e. The number of hydrogen-bond donors (Lipinski definition) is 1. The lowest BCUT2D eigenvalue weighted by molar-refractivity contribution is -0.141. The molecule has 2 amide bonds. The van der Waals surface area contributed by atoms with Crippen molar-refractivity contribution in [1.82, 2.24) is 9.80 Å². The molecule has 0 bridgehead atoms. The van der Waals surface area contributed by atoms with Crippen molar-refractivity contribution in [3.8, 4) is 0 Å². The molecule has 1 N–H and O–H groups in total. The second-order valence-corrected chi connectivity index (χ2v) is 5.47. The van der Waals surface area contributed by atoms with E-state index in [2.05, 4.69) is 0 Å². The van der Waals surface area contributed by atoms with Crippen LogP contribution in [-0.4, -0.2) is 64.8 Å². The van der Waals surface area contributed by atoms with Gasteiger partial charge >= 0.3 is 6.09 Å². The van der Waals surface area contributed by atoms with Crippen molar-refractivity contribution in [2.45, 2.75) is 39.4 Å². The molecule has 6 nitrogen and oxygen atoms in total. The predicted molar refractivity (Wildman–Crippen MR) is 66.1 cm³/mol. The van der Waals surface area contributed by atoms with Crippen molar-refractivity contribution in [2.75, 3.05) is 26.2 Å². The first-order chi connectivity index (χ1) is 8.20. The summed E-state index contributed by atoms with van der Waals surface area (Å²) >= 11 is 0. The molecule has 0 aromatic carbocycles. The Hall–Kier alpha value is -1.30. The summed E-state index contributed by atoms with van der Waals surface area (Å²) in [6, 6.07) is 0. The van der Waals surface area contributed by atoms with Crippen molar-refractivity contribution < 1.29 is 19.4 Å². The van der Waals surface area contributed by atoms with Gasteiger partial charge in [0, 0.05) is 26.2 Å².